The van der Waals surface area contributed by atoms with E-state index in [1.165, 1.54) is 0 Å². The lowest BCUT2D eigenvalue weighted by Gasteiger charge is -2.34. The molecule has 1 aromatic rings. The highest BCUT2D eigenvalue weighted by Gasteiger charge is 2.40. The van der Waals surface area contributed by atoms with Crippen molar-refractivity contribution in [3.05, 3.63) is 11.7 Å². The van der Waals surface area contributed by atoms with Crippen molar-refractivity contribution in [1.29, 1.82) is 0 Å². The molecule has 0 aromatic carbocycles. The number of carbonyl (C=O) groups excluding carboxylic acids is 1. The number of rotatable bonds is 4. The quantitative estimate of drug-likeness (QED) is 0.916. The number of aromatic nitrogens is 2. The normalized spacial score (nSPS) is 24.7. The van der Waals surface area contributed by atoms with Gasteiger partial charge in [-0.2, -0.15) is 4.98 Å². The summed E-state index contributed by atoms with van der Waals surface area (Å²) in [6.07, 6.45) is 6.48. The molecule has 1 aromatic heterocycles. The van der Waals surface area contributed by atoms with Gasteiger partial charge in [0.1, 0.15) is 0 Å². The first-order valence-electron chi connectivity index (χ1n) is 8.03. The highest BCUT2D eigenvalue weighted by Crippen LogP contribution is 2.38. The molecule has 1 unspecified atom stereocenters. The van der Waals surface area contributed by atoms with Crippen LogP contribution in [0, 0.1) is 0 Å². The topological polar surface area (TPSA) is 85.2 Å². The fourth-order valence-corrected chi connectivity index (χ4v) is 3.16. The van der Waals surface area contributed by atoms with E-state index in [2.05, 4.69) is 10.1 Å². The molecular formula is C15H24N4O2. The van der Waals surface area contributed by atoms with E-state index in [1.54, 1.807) is 0 Å². The number of hydrogen-bond acceptors (Lipinski definition) is 5. The average molecular weight is 292 g/mol. The molecule has 21 heavy (non-hydrogen) atoms. The largest absolute Gasteiger partial charge is 0.342 e. The third kappa shape index (κ3) is 2.81. The minimum absolute atomic E-state index is 0.157. The van der Waals surface area contributed by atoms with Crippen LogP contribution in [0.2, 0.25) is 0 Å². The lowest BCUT2D eigenvalue weighted by molar-refractivity contribution is -0.132. The fraction of sp³-hybridized carbons (Fsp3) is 0.800. The first-order chi connectivity index (χ1) is 10.1. The number of piperidine rings is 1. The summed E-state index contributed by atoms with van der Waals surface area (Å²) >= 11 is 0. The number of likely N-dealkylation sites (tertiary alicyclic amines) is 1. The molecule has 1 saturated carbocycles. The van der Waals surface area contributed by atoms with E-state index in [-0.39, 0.29) is 17.4 Å². The van der Waals surface area contributed by atoms with Gasteiger partial charge >= 0.3 is 0 Å². The molecule has 0 bridgehead atoms. The van der Waals surface area contributed by atoms with Crippen LogP contribution in [-0.2, 0) is 10.3 Å². The summed E-state index contributed by atoms with van der Waals surface area (Å²) in [5, 5.41) is 4.08. The second-order valence-electron chi connectivity index (χ2n) is 6.39. The summed E-state index contributed by atoms with van der Waals surface area (Å²) in [6.45, 7) is 3.57. The van der Waals surface area contributed by atoms with Crippen LogP contribution in [0.25, 0.3) is 0 Å². The maximum atomic E-state index is 12.0. The Balaban J connectivity index is 1.67. The molecular weight excluding hydrogens is 268 g/mol. The molecule has 1 atom stereocenters. The molecule has 1 amide bonds. The molecule has 0 spiro atoms. The Morgan fingerprint density at radius 1 is 1.48 bits per heavy atom. The zero-order chi connectivity index (χ0) is 14.9. The summed E-state index contributed by atoms with van der Waals surface area (Å²) in [5.74, 6) is 1.68. The van der Waals surface area contributed by atoms with Crippen molar-refractivity contribution in [3.63, 3.8) is 0 Å². The van der Waals surface area contributed by atoms with Crippen LogP contribution >= 0.6 is 0 Å². The zero-order valence-corrected chi connectivity index (χ0v) is 12.7. The Kier molecular flexibility index (Phi) is 3.97. The van der Waals surface area contributed by atoms with Crippen LogP contribution in [0.1, 0.15) is 69.5 Å². The summed E-state index contributed by atoms with van der Waals surface area (Å²) < 4.78 is 5.44. The van der Waals surface area contributed by atoms with E-state index in [0.717, 1.165) is 45.1 Å². The van der Waals surface area contributed by atoms with E-state index in [1.807, 2.05) is 11.8 Å². The van der Waals surface area contributed by atoms with Crippen LogP contribution in [0.4, 0.5) is 0 Å². The van der Waals surface area contributed by atoms with E-state index in [0.29, 0.717) is 24.7 Å². The molecule has 3 rings (SSSR count). The molecule has 1 saturated heterocycles. The van der Waals surface area contributed by atoms with Crippen LogP contribution in [-0.4, -0.2) is 34.0 Å². The third-order valence-corrected chi connectivity index (χ3v) is 4.72. The lowest BCUT2D eigenvalue weighted by Crippen LogP contribution is -2.44. The van der Waals surface area contributed by atoms with Crippen molar-refractivity contribution in [1.82, 2.24) is 15.0 Å². The summed E-state index contributed by atoms with van der Waals surface area (Å²) in [7, 11) is 0. The highest BCUT2D eigenvalue weighted by molar-refractivity contribution is 5.76. The molecule has 2 aliphatic rings. The number of carbonyl (C=O) groups is 1. The number of nitrogens with zero attached hydrogens (tertiary/aromatic N) is 3. The molecule has 6 heteroatoms. The van der Waals surface area contributed by atoms with Gasteiger partial charge in [-0.15, -0.1) is 0 Å². The minimum Gasteiger partial charge on any atom is -0.342 e. The smallest absolute Gasteiger partial charge is 0.231 e. The van der Waals surface area contributed by atoms with Gasteiger partial charge < -0.3 is 15.2 Å². The predicted molar refractivity (Wildman–Crippen MR) is 77.5 cm³/mol. The molecule has 6 nitrogen and oxygen atoms in total. The fourth-order valence-electron chi connectivity index (χ4n) is 3.16. The average Bonchev–Trinajstić information content (AvgIpc) is 2.95. The molecule has 0 radical (unpaired) electrons. The summed E-state index contributed by atoms with van der Waals surface area (Å²) in [6, 6.07) is 0. The van der Waals surface area contributed by atoms with Crippen LogP contribution < -0.4 is 5.73 Å². The molecule has 2 N–H and O–H groups in total. The molecule has 1 aliphatic carbocycles. The van der Waals surface area contributed by atoms with Gasteiger partial charge in [0.15, 0.2) is 5.82 Å². The lowest BCUT2D eigenvalue weighted by atomic mass is 9.77. The number of amides is 1. The van der Waals surface area contributed by atoms with Crippen molar-refractivity contribution in [2.24, 2.45) is 5.73 Å². The Morgan fingerprint density at radius 3 is 2.95 bits per heavy atom. The van der Waals surface area contributed by atoms with Gasteiger partial charge in [0.05, 0.1) is 11.5 Å². The van der Waals surface area contributed by atoms with Crippen LogP contribution in [0.5, 0.6) is 0 Å². The van der Waals surface area contributed by atoms with Gasteiger partial charge in [-0.1, -0.05) is 12.1 Å². The van der Waals surface area contributed by atoms with Crippen molar-refractivity contribution >= 4 is 5.91 Å². The van der Waals surface area contributed by atoms with Crippen LogP contribution in [0.3, 0.4) is 0 Å². The summed E-state index contributed by atoms with van der Waals surface area (Å²) in [4.78, 5) is 18.5. The SMILES string of the molecule is CCCC(=O)N1CCCC(c2nc(C3(N)CCC3)no2)C1. The molecule has 116 valence electrons. The minimum atomic E-state index is -0.381. The predicted octanol–water partition coefficient (Wildman–Crippen LogP) is 1.91. The Morgan fingerprint density at radius 2 is 2.29 bits per heavy atom. The second-order valence-corrected chi connectivity index (χ2v) is 6.39. The number of hydrogen-bond donors (Lipinski definition) is 1. The maximum Gasteiger partial charge on any atom is 0.231 e. The van der Waals surface area contributed by atoms with Gasteiger partial charge in [0.25, 0.3) is 0 Å². The van der Waals surface area contributed by atoms with E-state index < -0.39 is 0 Å². The van der Waals surface area contributed by atoms with E-state index >= 15 is 0 Å². The van der Waals surface area contributed by atoms with Gasteiger partial charge in [-0.3, -0.25) is 4.79 Å². The highest BCUT2D eigenvalue weighted by atomic mass is 16.5. The summed E-state index contributed by atoms with van der Waals surface area (Å²) in [5.41, 5.74) is 5.85. The van der Waals surface area contributed by atoms with Crippen molar-refractivity contribution in [3.8, 4) is 0 Å². The maximum absolute atomic E-state index is 12.0. The van der Waals surface area contributed by atoms with E-state index in [9.17, 15) is 4.79 Å². The standard InChI is InChI=1S/C15H24N4O2/c1-2-5-12(20)19-9-3-6-11(10-19)13-17-14(18-21-13)15(16)7-4-8-15/h11H,2-10,16H2,1H3. The van der Waals surface area contributed by atoms with Gasteiger partial charge in [-0.25, -0.2) is 0 Å². The zero-order valence-electron chi connectivity index (χ0n) is 12.7. The monoisotopic (exact) mass is 292 g/mol. The van der Waals surface area contributed by atoms with Gasteiger partial charge in [-0.05, 0) is 38.5 Å². The van der Waals surface area contributed by atoms with Crippen molar-refractivity contribution in [2.45, 2.75) is 63.3 Å². The van der Waals surface area contributed by atoms with Crippen molar-refractivity contribution < 1.29 is 9.32 Å². The number of nitrogens with two attached hydrogens (primary N) is 1. The van der Waals surface area contributed by atoms with Gasteiger partial charge in [0.2, 0.25) is 11.8 Å². The Bertz CT molecular complexity index is 510. The molecule has 2 fully saturated rings. The van der Waals surface area contributed by atoms with Crippen LogP contribution in [0.15, 0.2) is 4.52 Å². The molecule has 2 heterocycles. The first-order valence-corrected chi connectivity index (χ1v) is 8.03. The third-order valence-electron chi connectivity index (χ3n) is 4.72. The Labute approximate surface area is 125 Å². The van der Waals surface area contributed by atoms with E-state index in [4.69, 9.17) is 10.3 Å². The Hall–Kier alpha value is -1.43. The van der Waals surface area contributed by atoms with Crippen molar-refractivity contribution in [2.75, 3.05) is 13.1 Å². The first kappa shape index (κ1) is 14.5. The molecule has 1 aliphatic heterocycles. The van der Waals surface area contributed by atoms with Gasteiger partial charge in [0, 0.05) is 19.5 Å². The second kappa shape index (κ2) is 5.75.